The SMILES string of the molecule is CCC(CC)(CNCc1c(Cl)cccc1Cl)SC. The molecule has 0 saturated heterocycles. The van der Waals surface area contributed by atoms with Gasteiger partial charge in [0.2, 0.25) is 0 Å². The van der Waals surface area contributed by atoms with Crippen molar-refractivity contribution in [2.75, 3.05) is 12.8 Å². The zero-order valence-electron chi connectivity index (χ0n) is 11.2. The smallest absolute Gasteiger partial charge is 0.0465 e. The predicted molar refractivity (Wildman–Crippen MR) is 85.0 cm³/mol. The molecule has 1 aromatic carbocycles. The number of halogens is 2. The molecule has 0 spiro atoms. The Labute approximate surface area is 125 Å². The van der Waals surface area contributed by atoms with Gasteiger partial charge in [-0.25, -0.2) is 0 Å². The minimum absolute atomic E-state index is 0.313. The molecular weight excluding hydrogens is 285 g/mol. The monoisotopic (exact) mass is 305 g/mol. The summed E-state index contributed by atoms with van der Waals surface area (Å²) in [4.78, 5) is 0. The first-order valence-electron chi connectivity index (χ1n) is 6.27. The number of hydrogen-bond acceptors (Lipinski definition) is 2. The first-order valence-corrected chi connectivity index (χ1v) is 8.25. The summed E-state index contributed by atoms with van der Waals surface area (Å²) in [6, 6.07) is 5.64. The molecule has 0 fully saturated rings. The molecule has 0 heterocycles. The van der Waals surface area contributed by atoms with Crippen LogP contribution in [0.3, 0.4) is 0 Å². The predicted octanol–water partition coefficient (Wildman–Crippen LogP) is 5.00. The van der Waals surface area contributed by atoms with E-state index in [1.807, 2.05) is 30.0 Å². The summed E-state index contributed by atoms with van der Waals surface area (Å²) >= 11 is 14.2. The molecule has 0 amide bonds. The summed E-state index contributed by atoms with van der Waals surface area (Å²) in [6.45, 7) is 6.18. The quantitative estimate of drug-likeness (QED) is 0.760. The second-order valence-electron chi connectivity index (χ2n) is 4.40. The van der Waals surface area contributed by atoms with Gasteiger partial charge in [-0.15, -0.1) is 0 Å². The maximum atomic E-state index is 6.15. The van der Waals surface area contributed by atoms with Crippen molar-refractivity contribution in [3.63, 3.8) is 0 Å². The van der Waals surface area contributed by atoms with Crippen LogP contribution in [-0.2, 0) is 6.54 Å². The molecule has 1 N–H and O–H groups in total. The van der Waals surface area contributed by atoms with Crippen LogP contribution < -0.4 is 5.32 Å². The second-order valence-corrected chi connectivity index (χ2v) is 6.49. The third kappa shape index (κ3) is 4.06. The van der Waals surface area contributed by atoms with Crippen molar-refractivity contribution in [3.8, 4) is 0 Å². The van der Waals surface area contributed by atoms with Gasteiger partial charge in [-0.1, -0.05) is 43.1 Å². The lowest BCUT2D eigenvalue weighted by Crippen LogP contribution is -2.36. The van der Waals surface area contributed by atoms with Gasteiger partial charge in [0.05, 0.1) is 0 Å². The maximum Gasteiger partial charge on any atom is 0.0465 e. The molecule has 0 aliphatic carbocycles. The van der Waals surface area contributed by atoms with Crippen LogP contribution in [0.15, 0.2) is 18.2 Å². The molecule has 1 rings (SSSR count). The number of nitrogens with one attached hydrogen (secondary N) is 1. The van der Waals surface area contributed by atoms with Crippen molar-refractivity contribution < 1.29 is 0 Å². The summed E-state index contributed by atoms with van der Waals surface area (Å²) in [5.41, 5.74) is 0.989. The van der Waals surface area contributed by atoms with Gasteiger partial charge in [-0.3, -0.25) is 0 Å². The molecule has 102 valence electrons. The molecule has 1 nitrogen and oxygen atoms in total. The summed E-state index contributed by atoms with van der Waals surface area (Å²) in [5, 5.41) is 4.96. The van der Waals surface area contributed by atoms with Crippen LogP contribution in [0, 0.1) is 0 Å². The fraction of sp³-hybridized carbons (Fsp3) is 0.571. The Hall–Kier alpha value is 0.110. The lowest BCUT2D eigenvalue weighted by molar-refractivity contribution is 0.495. The van der Waals surface area contributed by atoms with E-state index in [1.165, 1.54) is 0 Å². The zero-order chi connectivity index (χ0) is 13.6. The minimum Gasteiger partial charge on any atom is -0.311 e. The summed E-state index contributed by atoms with van der Waals surface area (Å²) in [6.07, 6.45) is 4.50. The van der Waals surface area contributed by atoms with Gasteiger partial charge >= 0.3 is 0 Å². The van der Waals surface area contributed by atoms with Crippen LogP contribution in [0.5, 0.6) is 0 Å². The maximum absolute atomic E-state index is 6.15. The molecule has 0 aromatic heterocycles. The van der Waals surface area contributed by atoms with Crippen molar-refractivity contribution in [1.29, 1.82) is 0 Å². The van der Waals surface area contributed by atoms with E-state index in [1.54, 1.807) is 0 Å². The number of benzene rings is 1. The Balaban J connectivity index is 2.61. The summed E-state index contributed by atoms with van der Waals surface area (Å²) in [7, 11) is 0. The van der Waals surface area contributed by atoms with Crippen LogP contribution in [-0.4, -0.2) is 17.5 Å². The normalized spacial score (nSPS) is 11.8. The second kappa shape index (κ2) is 7.64. The van der Waals surface area contributed by atoms with Gasteiger partial charge in [0, 0.05) is 33.4 Å². The molecule has 0 aliphatic rings. The number of rotatable bonds is 7. The Morgan fingerprint density at radius 2 is 1.72 bits per heavy atom. The fourth-order valence-corrected chi connectivity index (χ4v) is 3.33. The molecule has 0 atom stereocenters. The summed E-state index contributed by atoms with van der Waals surface area (Å²) < 4.78 is 0.313. The van der Waals surface area contributed by atoms with Crippen LogP contribution in [0.4, 0.5) is 0 Å². The minimum atomic E-state index is 0.313. The Kier molecular flexibility index (Phi) is 6.86. The molecule has 0 saturated carbocycles. The fourth-order valence-electron chi connectivity index (χ4n) is 1.98. The molecule has 4 heteroatoms. The molecule has 1 aromatic rings. The van der Waals surface area contributed by atoms with Crippen molar-refractivity contribution in [2.45, 2.75) is 38.0 Å². The topological polar surface area (TPSA) is 12.0 Å². The highest BCUT2D eigenvalue weighted by Crippen LogP contribution is 2.30. The number of thioether (sulfide) groups is 1. The van der Waals surface area contributed by atoms with Gasteiger partial charge in [0.1, 0.15) is 0 Å². The third-order valence-electron chi connectivity index (χ3n) is 3.53. The van der Waals surface area contributed by atoms with Gasteiger partial charge in [0.25, 0.3) is 0 Å². The van der Waals surface area contributed by atoms with E-state index >= 15 is 0 Å². The molecule has 0 aliphatic heterocycles. The van der Waals surface area contributed by atoms with Crippen molar-refractivity contribution in [1.82, 2.24) is 5.32 Å². The van der Waals surface area contributed by atoms with Crippen molar-refractivity contribution in [2.24, 2.45) is 0 Å². The van der Waals surface area contributed by atoms with Crippen LogP contribution in [0.1, 0.15) is 32.3 Å². The molecule has 18 heavy (non-hydrogen) atoms. The highest BCUT2D eigenvalue weighted by Gasteiger charge is 2.24. The molecule has 0 bridgehead atoms. The van der Waals surface area contributed by atoms with Crippen LogP contribution >= 0.6 is 35.0 Å². The third-order valence-corrected chi connectivity index (χ3v) is 5.83. The van der Waals surface area contributed by atoms with Crippen molar-refractivity contribution in [3.05, 3.63) is 33.8 Å². The van der Waals surface area contributed by atoms with E-state index in [2.05, 4.69) is 25.4 Å². The van der Waals surface area contributed by atoms with Gasteiger partial charge in [-0.05, 0) is 31.2 Å². The van der Waals surface area contributed by atoms with Crippen LogP contribution in [0.25, 0.3) is 0 Å². The number of hydrogen-bond donors (Lipinski definition) is 1. The van der Waals surface area contributed by atoms with Gasteiger partial charge in [0.15, 0.2) is 0 Å². The molecule has 0 unspecified atom stereocenters. The highest BCUT2D eigenvalue weighted by molar-refractivity contribution is 8.00. The van der Waals surface area contributed by atoms with Gasteiger partial charge < -0.3 is 5.32 Å². The first kappa shape index (κ1) is 16.2. The van der Waals surface area contributed by atoms with E-state index < -0.39 is 0 Å². The average Bonchev–Trinajstić information content (AvgIpc) is 2.38. The molecule has 0 radical (unpaired) electrons. The van der Waals surface area contributed by atoms with E-state index in [0.29, 0.717) is 4.75 Å². The van der Waals surface area contributed by atoms with Crippen molar-refractivity contribution >= 4 is 35.0 Å². The lowest BCUT2D eigenvalue weighted by Gasteiger charge is -2.30. The van der Waals surface area contributed by atoms with E-state index in [9.17, 15) is 0 Å². The largest absolute Gasteiger partial charge is 0.311 e. The van der Waals surface area contributed by atoms with E-state index in [4.69, 9.17) is 23.2 Å². The Morgan fingerprint density at radius 1 is 1.17 bits per heavy atom. The van der Waals surface area contributed by atoms with E-state index in [-0.39, 0.29) is 0 Å². The zero-order valence-corrected chi connectivity index (χ0v) is 13.6. The van der Waals surface area contributed by atoms with Crippen LogP contribution in [0.2, 0.25) is 10.0 Å². The van der Waals surface area contributed by atoms with Gasteiger partial charge in [-0.2, -0.15) is 11.8 Å². The lowest BCUT2D eigenvalue weighted by atomic mass is 10.0. The highest BCUT2D eigenvalue weighted by atomic mass is 35.5. The Bertz CT molecular complexity index is 350. The Morgan fingerprint density at radius 3 is 2.17 bits per heavy atom. The van der Waals surface area contributed by atoms with E-state index in [0.717, 1.165) is 41.5 Å². The molecular formula is C14H21Cl2NS. The average molecular weight is 306 g/mol. The first-order chi connectivity index (χ1) is 8.58. The standard InChI is InChI=1S/C14H21Cl2NS/c1-4-14(5-2,18-3)10-17-9-11-12(15)7-6-8-13(11)16/h6-8,17H,4-5,9-10H2,1-3H3. The summed E-state index contributed by atoms with van der Waals surface area (Å²) in [5.74, 6) is 0.